The van der Waals surface area contributed by atoms with Gasteiger partial charge >= 0.3 is 6.09 Å². The fourth-order valence-electron chi connectivity index (χ4n) is 3.07. The van der Waals surface area contributed by atoms with Crippen molar-refractivity contribution < 1.29 is 19.1 Å². The lowest BCUT2D eigenvalue weighted by Gasteiger charge is -2.21. The van der Waals surface area contributed by atoms with Gasteiger partial charge in [-0.3, -0.25) is 19.9 Å². The molecular weight excluding hydrogens is 432 g/mol. The van der Waals surface area contributed by atoms with Crippen LogP contribution in [0.3, 0.4) is 0 Å². The lowest BCUT2D eigenvalue weighted by molar-refractivity contribution is -0.115. The topological polar surface area (TPSA) is 121 Å². The lowest BCUT2D eigenvalue weighted by Crippen LogP contribution is -2.27. The quantitative estimate of drug-likeness (QED) is 0.389. The highest BCUT2D eigenvalue weighted by Crippen LogP contribution is 2.29. The monoisotopic (exact) mass is 456 g/mol. The van der Waals surface area contributed by atoms with Crippen LogP contribution >= 0.6 is 0 Å². The molecule has 0 unspecified atom stereocenters. The van der Waals surface area contributed by atoms with E-state index in [4.69, 9.17) is 10.00 Å². The summed E-state index contributed by atoms with van der Waals surface area (Å²) in [5.74, 6) is -1.00. The summed E-state index contributed by atoms with van der Waals surface area (Å²) in [5, 5.41) is 14.4. The van der Waals surface area contributed by atoms with Gasteiger partial charge in [0.25, 0.3) is 0 Å². The number of benzene rings is 2. The minimum Gasteiger partial charge on any atom is -0.444 e. The average Bonchev–Trinajstić information content (AvgIpc) is 2.79. The van der Waals surface area contributed by atoms with Gasteiger partial charge < -0.3 is 10.1 Å². The van der Waals surface area contributed by atoms with Crippen LogP contribution in [0, 0.1) is 11.3 Å². The molecule has 172 valence electrons. The van der Waals surface area contributed by atoms with Crippen LogP contribution < -0.4 is 10.6 Å². The molecule has 2 N–H and O–H groups in total. The predicted octanol–water partition coefficient (Wildman–Crippen LogP) is 5.18. The van der Waals surface area contributed by atoms with E-state index in [1.54, 1.807) is 69.4 Å². The standard InChI is InChI=1S/C26H24N4O4/c1-26(2,3)34-25(33)30-21-11-10-18(20-9-4-5-12-28-20)14-22(21)29-24(32)15-23(31)19-8-6-7-17(13-19)16-27/h4-14H,15H2,1-3H3,(H,29,32)(H,30,33). The number of nitrogens with zero attached hydrogens (tertiary/aromatic N) is 2. The zero-order valence-corrected chi connectivity index (χ0v) is 19.1. The van der Waals surface area contributed by atoms with E-state index in [2.05, 4.69) is 15.6 Å². The summed E-state index contributed by atoms with van der Waals surface area (Å²) in [7, 11) is 0. The van der Waals surface area contributed by atoms with Gasteiger partial charge in [0.15, 0.2) is 5.78 Å². The van der Waals surface area contributed by atoms with Crippen molar-refractivity contribution in [2.24, 2.45) is 0 Å². The molecule has 0 aliphatic heterocycles. The molecule has 2 amide bonds. The number of amides is 2. The van der Waals surface area contributed by atoms with Crippen LogP contribution in [0.25, 0.3) is 11.3 Å². The number of pyridine rings is 1. The van der Waals surface area contributed by atoms with Gasteiger partial charge in [0.2, 0.25) is 5.91 Å². The van der Waals surface area contributed by atoms with Crippen LogP contribution in [0.15, 0.2) is 66.9 Å². The highest BCUT2D eigenvalue weighted by Gasteiger charge is 2.19. The molecular formula is C26H24N4O4. The number of nitrogens with one attached hydrogen (secondary N) is 2. The number of hydrogen-bond donors (Lipinski definition) is 2. The number of anilines is 2. The van der Waals surface area contributed by atoms with E-state index in [9.17, 15) is 14.4 Å². The van der Waals surface area contributed by atoms with Crippen molar-refractivity contribution in [2.45, 2.75) is 32.8 Å². The van der Waals surface area contributed by atoms with Crippen molar-refractivity contribution in [1.29, 1.82) is 5.26 Å². The molecule has 0 bridgehead atoms. The third-order valence-electron chi connectivity index (χ3n) is 4.52. The van der Waals surface area contributed by atoms with Crippen molar-refractivity contribution in [3.8, 4) is 17.3 Å². The molecule has 0 spiro atoms. The molecule has 0 atom stereocenters. The van der Waals surface area contributed by atoms with Crippen LogP contribution in [-0.4, -0.2) is 28.4 Å². The first-order chi connectivity index (χ1) is 16.1. The molecule has 8 nitrogen and oxygen atoms in total. The Balaban J connectivity index is 1.84. The molecule has 2 aromatic carbocycles. The Kier molecular flexibility index (Phi) is 7.39. The lowest BCUT2D eigenvalue weighted by atomic mass is 10.0. The van der Waals surface area contributed by atoms with Gasteiger partial charge in [-0.05, 0) is 57.2 Å². The van der Waals surface area contributed by atoms with Gasteiger partial charge in [-0.15, -0.1) is 0 Å². The summed E-state index contributed by atoms with van der Waals surface area (Å²) in [5.41, 5.74) is 1.87. The third kappa shape index (κ3) is 6.74. The second-order valence-electron chi connectivity index (χ2n) is 8.44. The number of Topliss-reactive ketones (excluding diaryl/α,β-unsaturated/α-hetero) is 1. The van der Waals surface area contributed by atoms with Gasteiger partial charge in [0.1, 0.15) is 5.60 Å². The number of carbonyl (C=O) groups excluding carboxylic acids is 3. The summed E-state index contributed by atoms with van der Waals surface area (Å²) in [6, 6.07) is 18.6. The van der Waals surface area contributed by atoms with E-state index in [1.165, 1.54) is 6.07 Å². The Morgan fingerprint density at radius 1 is 0.971 bits per heavy atom. The molecule has 0 aliphatic carbocycles. The van der Waals surface area contributed by atoms with Gasteiger partial charge in [-0.2, -0.15) is 5.26 Å². The summed E-state index contributed by atoms with van der Waals surface area (Å²) >= 11 is 0. The zero-order chi connectivity index (χ0) is 24.7. The Morgan fingerprint density at radius 3 is 2.44 bits per heavy atom. The normalized spacial score (nSPS) is 10.6. The van der Waals surface area contributed by atoms with E-state index in [1.807, 2.05) is 18.2 Å². The second kappa shape index (κ2) is 10.4. The minimum atomic E-state index is -0.703. The maximum absolute atomic E-state index is 12.7. The number of rotatable bonds is 6. The maximum Gasteiger partial charge on any atom is 0.412 e. The predicted molar refractivity (Wildman–Crippen MR) is 128 cm³/mol. The van der Waals surface area contributed by atoms with Gasteiger partial charge in [0.05, 0.1) is 35.1 Å². The smallest absolute Gasteiger partial charge is 0.412 e. The van der Waals surface area contributed by atoms with Crippen molar-refractivity contribution in [3.05, 3.63) is 78.0 Å². The molecule has 0 radical (unpaired) electrons. The number of aromatic nitrogens is 1. The molecule has 1 heterocycles. The molecule has 0 saturated carbocycles. The van der Waals surface area contributed by atoms with Gasteiger partial charge in [-0.1, -0.05) is 24.3 Å². The molecule has 0 aliphatic rings. The molecule has 1 aromatic heterocycles. The fourth-order valence-corrected chi connectivity index (χ4v) is 3.07. The van der Waals surface area contributed by atoms with Crippen LogP contribution in [0.1, 0.15) is 43.1 Å². The van der Waals surface area contributed by atoms with E-state index >= 15 is 0 Å². The summed E-state index contributed by atoms with van der Waals surface area (Å²) in [6.45, 7) is 5.23. The van der Waals surface area contributed by atoms with Crippen molar-refractivity contribution in [3.63, 3.8) is 0 Å². The van der Waals surface area contributed by atoms with Crippen molar-refractivity contribution in [2.75, 3.05) is 10.6 Å². The van der Waals surface area contributed by atoms with E-state index in [-0.39, 0.29) is 11.3 Å². The van der Waals surface area contributed by atoms with Gasteiger partial charge in [-0.25, -0.2) is 4.79 Å². The third-order valence-corrected chi connectivity index (χ3v) is 4.52. The van der Waals surface area contributed by atoms with Crippen LogP contribution in [0.5, 0.6) is 0 Å². The van der Waals surface area contributed by atoms with Gasteiger partial charge in [0, 0.05) is 17.3 Å². The number of nitriles is 1. The van der Waals surface area contributed by atoms with Crippen LogP contribution in [0.2, 0.25) is 0 Å². The molecule has 0 fully saturated rings. The minimum absolute atomic E-state index is 0.267. The molecule has 3 aromatic rings. The number of hydrogen-bond acceptors (Lipinski definition) is 6. The molecule has 3 rings (SSSR count). The summed E-state index contributed by atoms with van der Waals surface area (Å²) in [4.78, 5) is 41.9. The molecule has 34 heavy (non-hydrogen) atoms. The SMILES string of the molecule is CC(C)(C)OC(=O)Nc1ccc(-c2ccccn2)cc1NC(=O)CC(=O)c1cccc(C#N)c1. The second-order valence-corrected chi connectivity index (χ2v) is 8.44. The highest BCUT2D eigenvalue weighted by molar-refractivity contribution is 6.12. The Labute approximate surface area is 197 Å². The summed E-state index contributed by atoms with van der Waals surface area (Å²) < 4.78 is 5.31. The summed E-state index contributed by atoms with van der Waals surface area (Å²) in [6.07, 6.45) is 0.529. The zero-order valence-electron chi connectivity index (χ0n) is 19.1. The van der Waals surface area contributed by atoms with E-state index < -0.39 is 29.8 Å². The Hall–Kier alpha value is -4.51. The first-order valence-corrected chi connectivity index (χ1v) is 10.5. The first kappa shape index (κ1) is 24.1. The average molecular weight is 457 g/mol. The van der Waals surface area contributed by atoms with Crippen molar-refractivity contribution in [1.82, 2.24) is 4.98 Å². The van der Waals surface area contributed by atoms with E-state index in [0.29, 0.717) is 22.5 Å². The number of ether oxygens (including phenoxy) is 1. The Bertz CT molecular complexity index is 1260. The fraction of sp³-hybridized carbons (Fsp3) is 0.192. The molecule has 8 heteroatoms. The number of carbonyl (C=O) groups is 3. The molecule has 0 saturated heterocycles. The largest absolute Gasteiger partial charge is 0.444 e. The Morgan fingerprint density at radius 2 is 1.76 bits per heavy atom. The van der Waals surface area contributed by atoms with Crippen molar-refractivity contribution >= 4 is 29.2 Å². The van der Waals surface area contributed by atoms with Crippen LogP contribution in [0.4, 0.5) is 16.2 Å². The first-order valence-electron chi connectivity index (χ1n) is 10.5. The number of ketones is 1. The van der Waals surface area contributed by atoms with E-state index in [0.717, 1.165) is 0 Å². The maximum atomic E-state index is 12.7. The van der Waals surface area contributed by atoms with Crippen LogP contribution in [-0.2, 0) is 9.53 Å². The highest BCUT2D eigenvalue weighted by atomic mass is 16.6.